The number of carbonyl (C=O) groups is 2. The first-order valence-electron chi connectivity index (χ1n) is 6.48. The highest BCUT2D eigenvalue weighted by atomic mass is 32.2. The second-order valence-electron chi connectivity index (χ2n) is 4.78. The zero-order valence-corrected chi connectivity index (χ0v) is 12.9. The van der Waals surface area contributed by atoms with Crippen LogP contribution in [0.25, 0.3) is 0 Å². The smallest absolute Gasteiger partial charge is 0.324 e. The summed E-state index contributed by atoms with van der Waals surface area (Å²) in [4.78, 5) is 33.7. The predicted octanol–water partition coefficient (Wildman–Crippen LogP) is 1.43. The number of thioether (sulfide) groups is 1. The number of carbonyl (C=O) groups excluding carboxylic acids is 2. The van der Waals surface area contributed by atoms with Gasteiger partial charge in [0.25, 0.3) is 0 Å². The summed E-state index contributed by atoms with van der Waals surface area (Å²) >= 11 is 1.28. The number of nitrogens with zero attached hydrogens (tertiary/aromatic N) is 3. The van der Waals surface area contributed by atoms with Crippen LogP contribution < -0.4 is 5.32 Å². The van der Waals surface area contributed by atoms with Crippen LogP contribution in [0.15, 0.2) is 5.16 Å². The highest BCUT2D eigenvalue weighted by Crippen LogP contribution is 2.23. The molecule has 1 aliphatic heterocycles. The van der Waals surface area contributed by atoms with Crippen LogP contribution in [0.5, 0.6) is 0 Å². The Hall–Kier alpha value is -1.63. The Morgan fingerprint density at radius 2 is 1.90 bits per heavy atom. The number of aromatic nitrogens is 2. The molecule has 108 valence electrons. The molecule has 6 nitrogen and oxygen atoms in total. The molecule has 2 rings (SSSR count). The van der Waals surface area contributed by atoms with Gasteiger partial charge in [0.1, 0.15) is 0 Å². The second kappa shape index (κ2) is 5.78. The first-order valence-corrected chi connectivity index (χ1v) is 7.36. The van der Waals surface area contributed by atoms with Crippen LogP contribution >= 0.6 is 11.8 Å². The molecule has 0 aromatic carbocycles. The van der Waals surface area contributed by atoms with E-state index in [0.717, 1.165) is 17.0 Å². The Labute approximate surface area is 122 Å². The lowest BCUT2D eigenvalue weighted by Gasteiger charge is -2.17. The van der Waals surface area contributed by atoms with Crippen LogP contribution in [0, 0.1) is 20.8 Å². The molecule has 0 bridgehead atoms. The Bertz CT molecular complexity index is 538. The first kappa shape index (κ1) is 14.8. The highest BCUT2D eigenvalue weighted by molar-refractivity contribution is 8.00. The van der Waals surface area contributed by atoms with E-state index in [9.17, 15) is 9.59 Å². The molecular weight excluding hydrogens is 276 g/mol. The molecule has 1 saturated heterocycles. The van der Waals surface area contributed by atoms with Crippen LogP contribution in [-0.4, -0.2) is 45.1 Å². The summed E-state index contributed by atoms with van der Waals surface area (Å²) in [5.74, 6) is -0.204. The second-order valence-corrected chi connectivity index (χ2v) is 6.09. The summed E-state index contributed by atoms with van der Waals surface area (Å²) in [5.41, 5.74) is 2.89. The van der Waals surface area contributed by atoms with Crippen LogP contribution in [0.1, 0.15) is 23.9 Å². The number of urea groups is 1. The van der Waals surface area contributed by atoms with Gasteiger partial charge in [-0.3, -0.25) is 9.69 Å². The van der Waals surface area contributed by atoms with E-state index >= 15 is 0 Å². The summed E-state index contributed by atoms with van der Waals surface area (Å²) in [5, 5.41) is 2.81. The van der Waals surface area contributed by atoms with Crippen molar-refractivity contribution in [3.8, 4) is 0 Å². The van der Waals surface area contributed by atoms with Gasteiger partial charge in [0.15, 0.2) is 5.16 Å². The Morgan fingerprint density at radius 1 is 1.30 bits per heavy atom. The summed E-state index contributed by atoms with van der Waals surface area (Å²) in [6.07, 6.45) is 0. The molecule has 20 heavy (non-hydrogen) atoms. The standard InChI is InChI=1S/C13H18N4O2S/c1-7-8(2)15-12(16-9(7)3)20-10(4)11(18)17-6-5-14-13(17)19/h10H,5-6H2,1-4H3,(H,14,19). The number of nitrogens with one attached hydrogen (secondary N) is 1. The van der Waals surface area contributed by atoms with Crippen molar-refractivity contribution in [2.45, 2.75) is 38.1 Å². The Morgan fingerprint density at radius 3 is 2.40 bits per heavy atom. The molecule has 1 unspecified atom stereocenters. The van der Waals surface area contributed by atoms with Gasteiger partial charge >= 0.3 is 6.03 Å². The van der Waals surface area contributed by atoms with E-state index < -0.39 is 0 Å². The lowest BCUT2D eigenvalue weighted by Crippen LogP contribution is -2.39. The molecule has 0 radical (unpaired) electrons. The van der Waals surface area contributed by atoms with Crippen molar-refractivity contribution in [3.63, 3.8) is 0 Å². The molecule has 1 atom stereocenters. The summed E-state index contributed by atoms with van der Waals surface area (Å²) in [6, 6.07) is -0.320. The van der Waals surface area contributed by atoms with Gasteiger partial charge in [-0.05, 0) is 33.3 Å². The lowest BCUT2D eigenvalue weighted by atomic mass is 10.2. The topological polar surface area (TPSA) is 75.2 Å². The van der Waals surface area contributed by atoms with Crippen molar-refractivity contribution in [1.29, 1.82) is 0 Å². The van der Waals surface area contributed by atoms with Gasteiger partial charge in [-0.2, -0.15) is 0 Å². The largest absolute Gasteiger partial charge is 0.336 e. The molecule has 1 aliphatic rings. The highest BCUT2D eigenvalue weighted by Gasteiger charge is 2.30. The van der Waals surface area contributed by atoms with E-state index in [2.05, 4.69) is 15.3 Å². The van der Waals surface area contributed by atoms with Gasteiger partial charge in [0.05, 0.1) is 5.25 Å². The predicted molar refractivity (Wildman–Crippen MR) is 76.7 cm³/mol. The minimum Gasteiger partial charge on any atom is -0.336 e. The van der Waals surface area contributed by atoms with E-state index in [1.807, 2.05) is 20.8 Å². The monoisotopic (exact) mass is 294 g/mol. The summed E-state index contributed by atoms with van der Waals surface area (Å²) in [6.45, 7) is 8.54. The van der Waals surface area contributed by atoms with Gasteiger partial charge in [-0.15, -0.1) is 0 Å². The number of hydrogen-bond donors (Lipinski definition) is 1. The normalized spacial score (nSPS) is 16.2. The van der Waals surface area contributed by atoms with Gasteiger partial charge in [0, 0.05) is 24.5 Å². The zero-order valence-electron chi connectivity index (χ0n) is 12.1. The van der Waals surface area contributed by atoms with E-state index in [1.165, 1.54) is 16.7 Å². The molecule has 1 N–H and O–H groups in total. The maximum absolute atomic E-state index is 12.2. The average Bonchev–Trinajstić information content (AvgIpc) is 2.81. The van der Waals surface area contributed by atoms with Gasteiger partial charge in [0.2, 0.25) is 5.91 Å². The van der Waals surface area contributed by atoms with Crippen LogP contribution in [0.4, 0.5) is 4.79 Å². The summed E-state index contributed by atoms with van der Waals surface area (Å²) in [7, 11) is 0. The summed E-state index contributed by atoms with van der Waals surface area (Å²) < 4.78 is 0. The van der Waals surface area contributed by atoms with Gasteiger partial charge in [-0.25, -0.2) is 14.8 Å². The molecular formula is C13H18N4O2S. The fourth-order valence-electron chi connectivity index (χ4n) is 1.90. The maximum Gasteiger partial charge on any atom is 0.324 e. The van der Waals surface area contributed by atoms with Crippen molar-refractivity contribution in [2.24, 2.45) is 0 Å². The molecule has 1 aromatic heterocycles. The number of aryl methyl sites for hydroxylation is 2. The van der Waals surface area contributed by atoms with Crippen LogP contribution in [0.2, 0.25) is 0 Å². The van der Waals surface area contributed by atoms with Crippen molar-refractivity contribution in [1.82, 2.24) is 20.2 Å². The number of amides is 3. The number of imide groups is 1. The van der Waals surface area contributed by atoms with Gasteiger partial charge < -0.3 is 5.32 Å². The minimum atomic E-state index is -0.389. The Kier molecular flexibility index (Phi) is 4.27. The molecule has 3 amide bonds. The zero-order chi connectivity index (χ0) is 14.9. The fraction of sp³-hybridized carbons (Fsp3) is 0.538. The molecule has 0 saturated carbocycles. The quantitative estimate of drug-likeness (QED) is 0.674. The first-order chi connectivity index (χ1) is 9.40. The Balaban J connectivity index is 2.09. The lowest BCUT2D eigenvalue weighted by molar-refractivity contribution is -0.126. The molecule has 2 heterocycles. The van der Waals surface area contributed by atoms with Crippen LogP contribution in [0.3, 0.4) is 0 Å². The van der Waals surface area contributed by atoms with E-state index in [1.54, 1.807) is 6.92 Å². The van der Waals surface area contributed by atoms with E-state index in [0.29, 0.717) is 18.2 Å². The third-order valence-electron chi connectivity index (χ3n) is 3.36. The van der Waals surface area contributed by atoms with E-state index in [4.69, 9.17) is 0 Å². The van der Waals surface area contributed by atoms with Gasteiger partial charge in [-0.1, -0.05) is 11.8 Å². The number of rotatable bonds is 3. The molecule has 1 aromatic rings. The van der Waals surface area contributed by atoms with Crippen LogP contribution in [-0.2, 0) is 4.79 Å². The minimum absolute atomic E-state index is 0.204. The molecule has 1 fully saturated rings. The maximum atomic E-state index is 12.2. The van der Waals surface area contributed by atoms with Crippen molar-refractivity contribution in [3.05, 3.63) is 17.0 Å². The molecule has 7 heteroatoms. The van der Waals surface area contributed by atoms with Crippen molar-refractivity contribution < 1.29 is 9.59 Å². The number of hydrogen-bond acceptors (Lipinski definition) is 5. The average molecular weight is 294 g/mol. The van der Waals surface area contributed by atoms with E-state index in [-0.39, 0.29) is 17.2 Å². The van der Waals surface area contributed by atoms with Crippen molar-refractivity contribution in [2.75, 3.05) is 13.1 Å². The molecule has 0 aliphatic carbocycles. The third kappa shape index (κ3) is 2.92. The molecule has 0 spiro atoms. The third-order valence-corrected chi connectivity index (χ3v) is 4.31. The SMILES string of the molecule is Cc1nc(SC(C)C(=O)N2CCNC2=O)nc(C)c1C. The fourth-order valence-corrected chi connectivity index (χ4v) is 2.83. The van der Waals surface area contributed by atoms with Crippen molar-refractivity contribution >= 4 is 23.7 Å².